The lowest BCUT2D eigenvalue weighted by molar-refractivity contribution is 0.0511. The molecule has 0 saturated heterocycles. The summed E-state index contributed by atoms with van der Waals surface area (Å²) in [4.78, 5) is 0. The lowest BCUT2D eigenvalue weighted by Gasteiger charge is -2.38. The zero-order valence-corrected chi connectivity index (χ0v) is 23.8. The number of phenolic OH excluding ortho intramolecular Hbond substituents is 1. The molecule has 2 nitrogen and oxygen atoms in total. The van der Waals surface area contributed by atoms with Crippen molar-refractivity contribution in [2.45, 2.75) is 138 Å². The van der Waals surface area contributed by atoms with Crippen LogP contribution >= 0.6 is 0 Å². The van der Waals surface area contributed by atoms with Crippen molar-refractivity contribution in [3.05, 3.63) is 34.4 Å². The number of hydrogen-bond acceptors (Lipinski definition) is 2. The van der Waals surface area contributed by atoms with Crippen LogP contribution in [0.5, 0.6) is 11.5 Å². The number of phenols is 1. The number of fused-ring (bicyclic) bond motifs is 1. The zero-order valence-electron chi connectivity index (χ0n) is 23.8. The molecular formula is C32H54O2. The summed E-state index contributed by atoms with van der Waals surface area (Å²) in [6, 6.07) is 0. The zero-order chi connectivity index (χ0) is 25.5. The fourth-order valence-electron chi connectivity index (χ4n) is 5.64. The molecule has 2 heteroatoms. The van der Waals surface area contributed by atoms with Crippen molar-refractivity contribution in [1.82, 2.24) is 0 Å². The van der Waals surface area contributed by atoms with Crippen molar-refractivity contribution in [3.63, 3.8) is 0 Å². The number of hydrogen-bond donors (Lipinski definition) is 1. The lowest BCUT2D eigenvalue weighted by Crippen LogP contribution is -2.37. The predicted molar refractivity (Wildman–Crippen MR) is 148 cm³/mol. The van der Waals surface area contributed by atoms with Crippen LogP contribution in [-0.2, 0) is 12.8 Å². The van der Waals surface area contributed by atoms with Crippen molar-refractivity contribution in [2.75, 3.05) is 0 Å². The van der Waals surface area contributed by atoms with Gasteiger partial charge >= 0.3 is 0 Å². The molecule has 0 amide bonds. The van der Waals surface area contributed by atoms with Crippen molar-refractivity contribution >= 4 is 0 Å². The number of benzene rings is 1. The van der Waals surface area contributed by atoms with Crippen molar-refractivity contribution in [3.8, 4) is 11.5 Å². The highest BCUT2D eigenvalue weighted by Gasteiger charge is 2.34. The minimum atomic E-state index is -0.105. The Balaban J connectivity index is 1.84. The van der Waals surface area contributed by atoms with Gasteiger partial charge in [-0.05, 0) is 88.7 Å². The molecule has 1 heterocycles. The van der Waals surface area contributed by atoms with E-state index >= 15 is 0 Å². The molecule has 0 bridgehead atoms. The Morgan fingerprint density at radius 3 is 2.06 bits per heavy atom. The van der Waals surface area contributed by atoms with E-state index in [2.05, 4.69) is 48.1 Å². The van der Waals surface area contributed by atoms with Crippen LogP contribution in [0.15, 0.2) is 12.2 Å². The van der Waals surface area contributed by atoms with Crippen LogP contribution in [0, 0.1) is 31.6 Å². The van der Waals surface area contributed by atoms with E-state index in [4.69, 9.17) is 4.74 Å². The lowest BCUT2D eigenvalue weighted by atomic mass is 9.82. The van der Waals surface area contributed by atoms with Crippen LogP contribution in [0.2, 0.25) is 0 Å². The van der Waals surface area contributed by atoms with Gasteiger partial charge in [0.15, 0.2) is 0 Å². The van der Waals surface area contributed by atoms with E-state index in [0.717, 1.165) is 71.4 Å². The average molecular weight is 471 g/mol. The summed E-state index contributed by atoms with van der Waals surface area (Å²) < 4.78 is 6.72. The summed E-state index contributed by atoms with van der Waals surface area (Å²) in [5.74, 6) is 3.98. The van der Waals surface area contributed by atoms with Gasteiger partial charge in [0.2, 0.25) is 0 Å². The topological polar surface area (TPSA) is 29.5 Å². The number of rotatable bonds is 14. The first-order valence-corrected chi connectivity index (χ1v) is 14.1. The Labute approximate surface area is 211 Å². The van der Waals surface area contributed by atoms with E-state index in [-0.39, 0.29) is 5.60 Å². The third-order valence-electron chi connectivity index (χ3n) is 8.19. The van der Waals surface area contributed by atoms with E-state index in [1.165, 1.54) is 56.9 Å². The van der Waals surface area contributed by atoms with E-state index in [0.29, 0.717) is 5.75 Å². The molecule has 3 atom stereocenters. The van der Waals surface area contributed by atoms with Gasteiger partial charge in [0, 0.05) is 11.1 Å². The number of aromatic hydroxyl groups is 1. The van der Waals surface area contributed by atoms with Crippen molar-refractivity contribution in [2.24, 2.45) is 17.8 Å². The Kier molecular flexibility index (Phi) is 11.0. The minimum absolute atomic E-state index is 0.105. The highest BCUT2D eigenvalue weighted by Crippen LogP contribution is 2.45. The van der Waals surface area contributed by atoms with Gasteiger partial charge in [-0.3, -0.25) is 0 Å². The van der Waals surface area contributed by atoms with Gasteiger partial charge in [-0.1, -0.05) is 84.8 Å². The van der Waals surface area contributed by atoms with Crippen LogP contribution < -0.4 is 4.74 Å². The quantitative estimate of drug-likeness (QED) is 0.274. The summed E-state index contributed by atoms with van der Waals surface area (Å²) in [6.45, 7) is 22.0. The first kappa shape index (κ1) is 28.8. The molecule has 0 radical (unpaired) electrons. The highest BCUT2D eigenvalue weighted by atomic mass is 16.5. The van der Waals surface area contributed by atoms with Crippen LogP contribution in [-0.4, -0.2) is 10.7 Å². The van der Waals surface area contributed by atoms with E-state index < -0.39 is 0 Å². The molecule has 194 valence electrons. The molecule has 0 fully saturated rings. The second-order valence-corrected chi connectivity index (χ2v) is 12.4. The Bertz CT molecular complexity index is 806. The summed E-state index contributed by atoms with van der Waals surface area (Å²) in [6.07, 6.45) is 14.6. The molecule has 1 aliphatic rings. The fourth-order valence-corrected chi connectivity index (χ4v) is 5.64. The van der Waals surface area contributed by atoms with Gasteiger partial charge in [-0.25, -0.2) is 0 Å². The second-order valence-electron chi connectivity index (χ2n) is 12.4. The average Bonchev–Trinajstić information content (AvgIpc) is 2.75. The first-order chi connectivity index (χ1) is 15.9. The van der Waals surface area contributed by atoms with Gasteiger partial charge in [-0.15, -0.1) is 0 Å². The maximum atomic E-state index is 10.8. The third-order valence-corrected chi connectivity index (χ3v) is 8.19. The molecule has 0 aliphatic carbocycles. The highest BCUT2D eigenvalue weighted by molar-refractivity contribution is 5.59. The van der Waals surface area contributed by atoms with Crippen LogP contribution in [0.25, 0.3) is 0 Å². The Hall–Kier alpha value is -1.44. The molecular weight excluding hydrogens is 416 g/mol. The fraction of sp³-hybridized carbons (Fsp3) is 0.750. The molecule has 1 aliphatic heterocycles. The SMILES string of the molecule is C=C(C)Cc1c(O)c(C)c(C)c2c1CC[C@@](C)(CCC[C@H](C)CCC[C@H](C)CCCC(C)C)O2. The monoisotopic (exact) mass is 470 g/mol. The smallest absolute Gasteiger partial charge is 0.127 e. The Morgan fingerprint density at radius 1 is 0.941 bits per heavy atom. The van der Waals surface area contributed by atoms with Gasteiger partial charge in [0.25, 0.3) is 0 Å². The van der Waals surface area contributed by atoms with Gasteiger partial charge in [0.1, 0.15) is 17.1 Å². The van der Waals surface area contributed by atoms with E-state index in [1.54, 1.807) is 0 Å². The second kappa shape index (κ2) is 13.0. The third kappa shape index (κ3) is 8.35. The predicted octanol–water partition coefficient (Wildman–Crippen LogP) is 9.65. The first-order valence-electron chi connectivity index (χ1n) is 14.1. The molecule has 0 unspecified atom stereocenters. The molecule has 2 rings (SSSR count). The van der Waals surface area contributed by atoms with Crippen molar-refractivity contribution < 1.29 is 9.84 Å². The molecule has 1 aromatic carbocycles. The molecule has 1 N–H and O–H groups in total. The summed E-state index contributed by atoms with van der Waals surface area (Å²) in [7, 11) is 0. The standard InChI is InChI=1S/C32H54O2/c1-22(2)13-10-14-24(5)15-11-16-25(6)17-12-19-32(9)20-18-28-29(21-23(3)4)30(33)26(7)27(8)31(28)34-32/h22,24-25,33H,3,10-21H2,1-2,4-9H3/t24-,25-,32-/m1/s1. The largest absolute Gasteiger partial charge is 0.507 e. The maximum Gasteiger partial charge on any atom is 0.127 e. The summed E-state index contributed by atoms with van der Waals surface area (Å²) in [5.41, 5.74) is 5.25. The maximum absolute atomic E-state index is 10.8. The van der Waals surface area contributed by atoms with Crippen molar-refractivity contribution in [1.29, 1.82) is 0 Å². The van der Waals surface area contributed by atoms with Gasteiger partial charge in [0.05, 0.1) is 0 Å². The molecule has 0 spiro atoms. The van der Waals surface area contributed by atoms with Crippen LogP contribution in [0.3, 0.4) is 0 Å². The summed E-state index contributed by atoms with van der Waals surface area (Å²) >= 11 is 0. The van der Waals surface area contributed by atoms with Gasteiger partial charge in [-0.2, -0.15) is 0 Å². The molecule has 0 aromatic heterocycles. The molecule has 34 heavy (non-hydrogen) atoms. The normalized spacial score (nSPS) is 19.6. The van der Waals surface area contributed by atoms with E-state index in [9.17, 15) is 5.11 Å². The minimum Gasteiger partial charge on any atom is -0.507 e. The van der Waals surface area contributed by atoms with Gasteiger partial charge < -0.3 is 9.84 Å². The summed E-state index contributed by atoms with van der Waals surface area (Å²) in [5, 5.41) is 10.8. The molecule has 0 saturated carbocycles. The Morgan fingerprint density at radius 2 is 1.50 bits per heavy atom. The number of ether oxygens (including phenoxy) is 1. The van der Waals surface area contributed by atoms with Crippen LogP contribution in [0.1, 0.15) is 128 Å². The molecule has 1 aromatic rings. The van der Waals surface area contributed by atoms with E-state index in [1.807, 2.05) is 13.8 Å². The van der Waals surface area contributed by atoms with Crippen LogP contribution in [0.4, 0.5) is 0 Å². The number of allylic oxidation sites excluding steroid dienone is 1.